The zero-order chi connectivity index (χ0) is 19.5. The second-order valence-electron chi connectivity index (χ2n) is 6.97. The predicted molar refractivity (Wildman–Crippen MR) is 82.0 cm³/mol. The Bertz CT molecular complexity index is 342. The average Bonchev–Trinajstić information content (AvgIpc) is 2.20. The molecular weight excluding hydrogens is 332 g/mol. The highest BCUT2D eigenvalue weighted by Crippen LogP contribution is 1.95. The molecule has 4 N–H and O–H groups in total. The van der Waals surface area contributed by atoms with E-state index in [4.69, 9.17) is 37.9 Å². The molecule has 144 valence electrons. The second-order valence-corrected chi connectivity index (χ2v) is 7.79. The minimum absolute atomic E-state index is 0.448. The van der Waals surface area contributed by atoms with Crippen molar-refractivity contribution in [2.75, 3.05) is 55.4 Å². The smallest absolute Gasteiger partial charge is 0.156 e. The third-order valence-electron chi connectivity index (χ3n) is 2.12. The van der Waals surface area contributed by atoms with Crippen molar-refractivity contribution < 1.29 is 46.9 Å². The van der Waals surface area contributed by atoms with Gasteiger partial charge in [-0.25, -0.2) is 0 Å². The summed E-state index contributed by atoms with van der Waals surface area (Å²) in [7, 11) is 6.93. The number of hydrogen-bond acceptors (Lipinski definition) is 8. The van der Waals surface area contributed by atoms with Gasteiger partial charge in [-0.05, 0) is 0 Å². The van der Waals surface area contributed by atoms with Gasteiger partial charge in [0.1, 0.15) is 0 Å². The highest BCUT2D eigenvalue weighted by atomic mass is 32.3. The summed E-state index contributed by atoms with van der Waals surface area (Å²) in [4.78, 5) is 0. The Morgan fingerprint density at radius 1 is 0.739 bits per heavy atom. The number of aliphatic hydroxyl groups excluding tert-OH is 2. The van der Waals surface area contributed by atoms with E-state index in [1.807, 2.05) is 42.3 Å². The first-order valence-electron chi connectivity index (χ1n) is 6.83. The number of aliphatic hydroxyl groups is 4. The zero-order valence-corrected chi connectivity index (χ0v) is 15.5. The molecule has 0 atom stereocenters. The van der Waals surface area contributed by atoms with Crippen LogP contribution in [0, 0.1) is 0 Å². The maximum absolute atomic E-state index is 8.52. The molecular formula is C12H32N2O8S. The fourth-order valence-electron chi connectivity index (χ4n) is 1.01. The van der Waals surface area contributed by atoms with Crippen molar-refractivity contribution in [2.45, 2.75) is 25.4 Å². The van der Waals surface area contributed by atoms with Crippen molar-refractivity contribution in [3.05, 3.63) is 0 Å². The van der Waals surface area contributed by atoms with Gasteiger partial charge in [-0.1, -0.05) is 0 Å². The molecule has 11 heteroatoms. The lowest BCUT2D eigenvalue weighted by Gasteiger charge is -2.23. The summed E-state index contributed by atoms with van der Waals surface area (Å²) in [5.41, 5.74) is 0. The van der Waals surface area contributed by atoms with Crippen LogP contribution in [-0.2, 0) is 10.4 Å². The topological polar surface area (TPSA) is 161 Å². The Labute approximate surface area is 139 Å². The van der Waals surface area contributed by atoms with Crippen molar-refractivity contribution in [2.24, 2.45) is 0 Å². The minimum atomic E-state index is -5.17. The Hall–Kier alpha value is -0.370. The van der Waals surface area contributed by atoms with Crippen LogP contribution in [0.5, 0.6) is 0 Å². The van der Waals surface area contributed by atoms with Gasteiger partial charge in [0.2, 0.25) is 0 Å². The molecule has 0 aliphatic rings. The molecule has 0 fully saturated rings. The molecule has 23 heavy (non-hydrogen) atoms. The van der Waals surface area contributed by atoms with Gasteiger partial charge in [-0.3, -0.25) is 8.42 Å². The largest absolute Gasteiger partial charge is 0.759 e. The summed E-state index contributed by atoms with van der Waals surface area (Å²) in [6.45, 7) is 1.58. The summed E-state index contributed by atoms with van der Waals surface area (Å²) in [5, 5.41) is 33.8. The van der Waals surface area contributed by atoms with Crippen molar-refractivity contribution in [1.82, 2.24) is 0 Å². The predicted octanol–water partition coefficient (Wildman–Crippen LogP) is -2.55. The molecule has 0 aromatic carbocycles. The Kier molecular flexibility index (Phi) is 14.4. The van der Waals surface area contributed by atoms with E-state index in [1.165, 1.54) is 0 Å². The molecule has 0 aromatic rings. The molecule has 0 saturated heterocycles. The summed E-state index contributed by atoms with van der Waals surface area (Å²) in [6.07, 6.45) is -1.41. The van der Waals surface area contributed by atoms with Gasteiger partial charge in [0.05, 0.1) is 55.4 Å². The van der Waals surface area contributed by atoms with E-state index in [2.05, 4.69) is 0 Å². The van der Waals surface area contributed by atoms with Crippen LogP contribution < -0.4 is 0 Å². The highest BCUT2D eigenvalue weighted by Gasteiger charge is 2.09. The molecule has 0 unspecified atom stereocenters. The van der Waals surface area contributed by atoms with Crippen LogP contribution in [0.3, 0.4) is 0 Å². The van der Waals surface area contributed by atoms with Crippen LogP contribution in [0.4, 0.5) is 0 Å². The first kappa shape index (κ1) is 27.5. The summed E-state index contributed by atoms with van der Waals surface area (Å²) in [6, 6.07) is 0. The van der Waals surface area contributed by atoms with Gasteiger partial charge in [-0.2, -0.15) is 0 Å². The van der Waals surface area contributed by atoms with E-state index in [-0.39, 0.29) is 0 Å². The number of quaternary nitrogens is 2. The fourth-order valence-corrected chi connectivity index (χ4v) is 1.01. The van der Waals surface area contributed by atoms with E-state index in [1.54, 1.807) is 0 Å². The van der Waals surface area contributed by atoms with Crippen molar-refractivity contribution >= 4 is 10.4 Å². The molecule has 0 radical (unpaired) electrons. The van der Waals surface area contributed by atoms with E-state index < -0.39 is 23.0 Å². The van der Waals surface area contributed by atoms with Crippen LogP contribution in [0.1, 0.15) is 12.8 Å². The van der Waals surface area contributed by atoms with E-state index >= 15 is 0 Å². The maximum Gasteiger partial charge on any atom is 0.156 e. The average molecular weight is 364 g/mol. The lowest BCUT2D eigenvalue weighted by Crippen LogP contribution is -2.36. The summed E-state index contributed by atoms with van der Waals surface area (Å²) >= 11 is 0. The summed E-state index contributed by atoms with van der Waals surface area (Å²) < 4.78 is 35.6. The highest BCUT2D eigenvalue weighted by molar-refractivity contribution is 7.79. The van der Waals surface area contributed by atoms with Crippen LogP contribution in [0.25, 0.3) is 0 Å². The van der Waals surface area contributed by atoms with Gasteiger partial charge >= 0.3 is 0 Å². The van der Waals surface area contributed by atoms with E-state index in [9.17, 15) is 0 Å². The van der Waals surface area contributed by atoms with Crippen LogP contribution in [-0.4, -0.2) is 115 Å². The monoisotopic (exact) mass is 364 g/mol. The number of nitrogens with zero attached hydrogens (tertiary/aromatic N) is 2. The molecule has 0 saturated carbocycles. The first-order chi connectivity index (χ1) is 9.83. The Balaban J connectivity index is -0.000000273. The zero-order valence-electron chi connectivity index (χ0n) is 14.7. The van der Waals surface area contributed by atoms with Crippen molar-refractivity contribution in [1.29, 1.82) is 0 Å². The van der Waals surface area contributed by atoms with Gasteiger partial charge in [-0.15, -0.1) is 0 Å². The van der Waals surface area contributed by atoms with Gasteiger partial charge in [0.15, 0.2) is 12.6 Å². The van der Waals surface area contributed by atoms with Crippen molar-refractivity contribution in [3.63, 3.8) is 0 Å². The quantitative estimate of drug-likeness (QED) is 0.173. The SMILES string of the molecule is C[N+](C)(C)CCC(O)O.C[N+](C)(C)CCC(O)O.O=S(=O)([O-])[O-]. The van der Waals surface area contributed by atoms with Crippen molar-refractivity contribution in [3.8, 4) is 0 Å². The minimum Gasteiger partial charge on any atom is -0.759 e. The molecule has 0 rings (SSSR count). The van der Waals surface area contributed by atoms with Gasteiger partial charge in [0.25, 0.3) is 0 Å². The van der Waals surface area contributed by atoms with Gasteiger partial charge in [0, 0.05) is 23.2 Å². The lowest BCUT2D eigenvalue weighted by molar-refractivity contribution is -0.871. The third-order valence-corrected chi connectivity index (χ3v) is 2.12. The Morgan fingerprint density at radius 2 is 0.913 bits per heavy atom. The lowest BCUT2D eigenvalue weighted by atomic mass is 10.4. The fraction of sp³-hybridized carbons (Fsp3) is 1.00. The molecule has 0 amide bonds. The molecule has 0 aliphatic carbocycles. The van der Waals surface area contributed by atoms with Crippen LogP contribution >= 0.6 is 0 Å². The maximum atomic E-state index is 8.52. The molecule has 0 spiro atoms. The normalized spacial score (nSPS) is 12.4. The molecule has 0 heterocycles. The Morgan fingerprint density at radius 3 is 0.957 bits per heavy atom. The number of hydrogen-bond donors (Lipinski definition) is 4. The molecule has 0 aliphatic heterocycles. The van der Waals surface area contributed by atoms with E-state index in [0.29, 0.717) is 12.8 Å². The first-order valence-corrected chi connectivity index (χ1v) is 8.17. The van der Waals surface area contributed by atoms with E-state index in [0.717, 1.165) is 22.1 Å². The standard InChI is InChI=1S/2C6H16NO2.H2O4S/c2*1-7(2,3)5-4-6(8)9;1-5(2,3)4/h2*6,8-9H,4-5H2,1-3H3;(H2,1,2,3,4)/q2*+1;/p-2. The van der Waals surface area contributed by atoms with Crippen LogP contribution in [0.2, 0.25) is 0 Å². The number of rotatable bonds is 6. The molecule has 10 nitrogen and oxygen atoms in total. The second kappa shape index (κ2) is 12.1. The molecule has 0 bridgehead atoms. The molecule has 0 aromatic heterocycles. The van der Waals surface area contributed by atoms with Gasteiger partial charge < -0.3 is 38.5 Å². The third kappa shape index (κ3) is 61.6. The van der Waals surface area contributed by atoms with Crippen LogP contribution in [0.15, 0.2) is 0 Å². The summed E-state index contributed by atoms with van der Waals surface area (Å²) in [5.74, 6) is 0.